The monoisotopic (exact) mass is 400 g/mol. The first kappa shape index (κ1) is 21.2. The molecule has 2 saturated heterocycles. The number of hydrogen-bond donors (Lipinski definition) is 3. The summed E-state index contributed by atoms with van der Waals surface area (Å²) in [5.74, 6) is 0.676. The lowest BCUT2D eigenvalue weighted by Crippen LogP contribution is -2.58. The van der Waals surface area contributed by atoms with Crippen LogP contribution in [0, 0.1) is 0 Å². The Bertz CT molecular complexity index is 781. The van der Waals surface area contributed by atoms with Crippen LogP contribution in [0.15, 0.2) is 47.3 Å². The number of nitrogens with one attached hydrogen (secondary N) is 1. The number of piperidine rings is 1. The zero-order valence-electron chi connectivity index (χ0n) is 17.5. The molecule has 2 fully saturated rings. The molecular formula is C22H32N4O3. The molecule has 4 N–H and O–H groups in total. The van der Waals surface area contributed by atoms with Crippen LogP contribution in [-0.2, 0) is 4.74 Å². The molecule has 2 heterocycles. The number of benzene rings is 1. The minimum atomic E-state index is -1.10. The predicted molar refractivity (Wildman–Crippen MR) is 114 cm³/mol. The van der Waals surface area contributed by atoms with Gasteiger partial charge in [0.1, 0.15) is 16.9 Å². The van der Waals surface area contributed by atoms with Crippen molar-refractivity contribution in [3.8, 4) is 0 Å². The van der Waals surface area contributed by atoms with Crippen molar-refractivity contribution in [2.45, 2.75) is 50.2 Å². The Balaban J connectivity index is 1.56. The molecule has 7 nitrogen and oxygen atoms in total. The van der Waals surface area contributed by atoms with Gasteiger partial charge in [-0.2, -0.15) is 0 Å². The van der Waals surface area contributed by atoms with Crippen LogP contribution in [0.2, 0.25) is 0 Å². The maximum absolute atomic E-state index is 12.6. The summed E-state index contributed by atoms with van der Waals surface area (Å²) in [7, 11) is 1.62. The normalized spacial score (nSPS) is 27.7. The zero-order valence-corrected chi connectivity index (χ0v) is 17.5. The van der Waals surface area contributed by atoms with Crippen LogP contribution in [0.25, 0.3) is 0 Å². The summed E-state index contributed by atoms with van der Waals surface area (Å²) in [6.45, 7) is 5.57. The molecule has 29 heavy (non-hydrogen) atoms. The molecule has 2 aliphatic heterocycles. The summed E-state index contributed by atoms with van der Waals surface area (Å²) in [4.78, 5) is 18.6. The van der Waals surface area contributed by atoms with Crippen molar-refractivity contribution in [2.24, 2.45) is 10.7 Å². The molecule has 158 valence electrons. The van der Waals surface area contributed by atoms with Gasteiger partial charge in [0, 0.05) is 52.1 Å². The molecule has 0 saturated carbocycles. The first-order valence-corrected chi connectivity index (χ1v) is 10.2. The minimum Gasteiger partial charge on any atom is -0.483 e. The van der Waals surface area contributed by atoms with E-state index in [1.165, 1.54) is 11.8 Å². The molecule has 2 amide bonds. The second-order valence-electron chi connectivity index (χ2n) is 8.32. The maximum atomic E-state index is 12.6. The summed E-state index contributed by atoms with van der Waals surface area (Å²) in [6, 6.07) is 10.1. The smallest absolute Gasteiger partial charge is 0.317 e. The third-order valence-electron chi connectivity index (χ3n) is 6.00. The minimum absolute atomic E-state index is 0.0596. The van der Waals surface area contributed by atoms with Gasteiger partial charge >= 0.3 is 6.03 Å². The van der Waals surface area contributed by atoms with Gasteiger partial charge in [-0.3, -0.25) is 4.99 Å². The number of nitrogens with zero attached hydrogens (tertiary/aromatic N) is 2. The summed E-state index contributed by atoms with van der Waals surface area (Å²) in [5, 5.41) is 13.9. The van der Waals surface area contributed by atoms with E-state index in [2.05, 4.69) is 29.4 Å². The number of nitrogens with two attached hydrogens (primary N) is 1. The fraction of sp³-hybridized carbons (Fsp3) is 0.545. The number of carbonyl (C=O) groups excluding carboxylic acids is 1. The fourth-order valence-corrected chi connectivity index (χ4v) is 4.41. The molecule has 1 aromatic carbocycles. The quantitative estimate of drug-likeness (QED) is 0.725. The molecule has 1 aromatic rings. The topological polar surface area (TPSA) is 100 Å². The molecule has 0 unspecified atom stereocenters. The molecule has 7 heteroatoms. The van der Waals surface area contributed by atoms with Crippen molar-refractivity contribution in [1.82, 2.24) is 10.2 Å². The lowest BCUT2D eigenvalue weighted by Gasteiger charge is -2.49. The van der Waals surface area contributed by atoms with Crippen LogP contribution in [0.1, 0.15) is 44.6 Å². The van der Waals surface area contributed by atoms with Gasteiger partial charge in [0.05, 0.1) is 0 Å². The Labute approximate surface area is 172 Å². The van der Waals surface area contributed by atoms with Crippen molar-refractivity contribution in [3.05, 3.63) is 47.9 Å². The Kier molecular flexibility index (Phi) is 6.17. The lowest BCUT2D eigenvalue weighted by molar-refractivity contribution is -0.0918. The molecule has 2 aliphatic rings. The van der Waals surface area contributed by atoms with Gasteiger partial charge in [-0.15, -0.1) is 0 Å². The van der Waals surface area contributed by atoms with Crippen molar-refractivity contribution in [1.29, 1.82) is 0 Å². The van der Waals surface area contributed by atoms with E-state index < -0.39 is 11.2 Å². The van der Waals surface area contributed by atoms with E-state index in [0.29, 0.717) is 50.4 Å². The molecule has 1 spiro atoms. The Morgan fingerprint density at radius 2 is 2.03 bits per heavy atom. The van der Waals surface area contributed by atoms with Crippen molar-refractivity contribution in [2.75, 3.05) is 26.7 Å². The van der Waals surface area contributed by atoms with Crippen molar-refractivity contribution < 1.29 is 14.6 Å². The lowest BCUT2D eigenvalue weighted by atomic mass is 9.76. The highest BCUT2D eigenvalue weighted by atomic mass is 16.5. The third kappa shape index (κ3) is 4.56. The number of aliphatic hydroxyl groups is 1. The van der Waals surface area contributed by atoms with E-state index in [-0.39, 0.29) is 11.9 Å². The highest BCUT2D eigenvalue weighted by molar-refractivity contribution is 6.05. The molecule has 0 radical (unpaired) electrons. The second kappa shape index (κ2) is 8.45. The first-order valence-electron chi connectivity index (χ1n) is 10.2. The van der Waals surface area contributed by atoms with Gasteiger partial charge in [0.2, 0.25) is 0 Å². The average Bonchev–Trinajstić information content (AvgIpc) is 2.71. The van der Waals surface area contributed by atoms with Crippen molar-refractivity contribution in [3.63, 3.8) is 0 Å². The Morgan fingerprint density at radius 1 is 1.38 bits per heavy atom. The maximum Gasteiger partial charge on any atom is 0.317 e. The van der Waals surface area contributed by atoms with Crippen LogP contribution < -0.4 is 11.1 Å². The standard InChI is InChI=1S/C22H32N4O3/c1-16(17-7-5-4-6-8-17)14-25-20(27)26-11-9-22(10-12-26)15-21(2,28)19(24-3)18(13-23)29-22/h4-8,13,16,28H,9-12,14-15,23H2,1-3H3,(H,25,27)/t16-,21-/m0/s1. The summed E-state index contributed by atoms with van der Waals surface area (Å²) >= 11 is 0. The third-order valence-corrected chi connectivity index (χ3v) is 6.00. The summed E-state index contributed by atoms with van der Waals surface area (Å²) in [6.07, 6.45) is 3.07. The van der Waals surface area contributed by atoms with Gasteiger partial charge in [-0.1, -0.05) is 37.3 Å². The van der Waals surface area contributed by atoms with E-state index in [9.17, 15) is 9.90 Å². The van der Waals surface area contributed by atoms with E-state index in [0.717, 1.165) is 0 Å². The number of carbonyl (C=O) groups is 1. The SMILES string of the molecule is CN=C1C(=CN)OC2(CCN(C(=O)NC[C@H](C)c3ccccc3)CC2)C[C@]1(C)O. The summed E-state index contributed by atoms with van der Waals surface area (Å²) in [5.41, 5.74) is 5.76. The molecular weight excluding hydrogens is 368 g/mol. The van der Waals surface area contributed by atoms with Gasteiger partial charge in [-0.25, -0.2) is 4.79 Å². The number of ether oxygens (including phenoxy) is 1. The van der Waals surface area contributed by atoms with Crippen LogP contribution >= 0.6 is 0 Å². The number of likely N-dealkylation sites (tertiary alicyclic amines) is 1. The number of urea groups is 1. The van der Waals surface area contributed by atoms with Crippen LogP contribution in [-0.4, -0.2) is 59.6 Å². The molecule has 2 atom stereocenters. The first-order chi connectivity index (χ1) is 13.8. The van der Waals surface area contributed by atoms with E-state index in [4.69, 9.17) is 10.5 Å². The molecule has 3 rings (SSSR count). The Morgan fingerprint density at radius 3 is 2.62 bits per heavy atom. The zero-order chi connectivity index (χ0) is 21.1. The second-order valence-corrected chi connectivity index (χ2v) is 8.32. The molecule has 0 aromatic heterocycles. The number of hydrogen-bond acceptors (Lipinski definition) is 5. The fourth-order valence-electron chi connectivity index (χ4n) is 4.41. The van der Waals surface area contributed by atoms with Crippen LogP contribution in [0.4, 0.5) is 4.79 Å². The van der Waals surface area contributed by atoms with Gasteiger partial charge < -0.3 is 25.8 Å². The highest BCUT2D eigenvalue weighted by Gasteiger charge is 2.50. The van der Waals surface area contributed by atoms with E-state index >= 15 is 0 Å². The average molecular weight is 401 g/mol. The largest absolute Gasteiger partial charge is 0.483 e. The van der Waals surface area contributed by atoms with Gasteiger partial charge in [-0.05, 0) is 18.4 Å². The molecule has 0 bridgehead atoms. The number of aliphatic imine (C=N–C) groups is 1. The highest BCUT2D eigenvalue weighted by Crippen LogP contribution is 2.42. The Hall–Kier alpha value is -2.54. The van der Waals surface area contributed by atoms with Gasteiger partial charge in [0.15, 0.2) is 5.76 Å². The number of rotatable bonds is 3. The van der Waals surface area contributed by atoms with Crippen LogP contribution in [0.3, 0.4) is 0 Å². The van der Waals surface area contributed by atoms with E-state index in [1.807, 2.05) is 23.1 Å². The van der Waals surface area contributed by atoms with E-state index in [1.54, 1.807) is 14.0 Å². The number of amides is 2. The predicted octanol–water partition coefficient (Wildman–Crippen LogP) is 2.38. The van der Waals surface area contributed by atoms with Crippen molar-refractivity contribution >= 4 is 11.7 Å². The summed E-state index contributed by atoms with van der Waals surface area (Å²) < 4.78 is 6.17. The van der Waals surface area contributed by atoms with Crippen LogP contribution in [0.5, 0.6) is 0 Å². The van der Waals surface area contributed by atoms with Gasteiger partial charge in [0.25, 0.3) is 0 Å². The molecule has 0 aliphatic carbocycles.